The van der Waals surface area contributed by atoms with E-state index in [-0.39, 0.29) is 77.8 Å². The van der Waals surface area contributed by atoms with Crippen LogP contribution in [0.5, 0.6) is 11.5 Å². The van der Waals surface area contributed by atoms with Crippen LogP contribution >= 0.6 is 0 Å². The summed E-state index contributed by atoms with van der Waals surface area (Å²) in [7, 11) is -5.74. The number of carboxylic acids is 1. The highest BCUT2D eigenvalue weighted by molar-refractivity contribution is 7.91. The molecular formula is C45H63NO9S2. The first-order chi connectivity index (χ1) is 26.2. The molecule has 0 aromatic heterocycles. The molecule has 1 amide bonds. The number of carbonyl (C=O) groups excluding carboxylic acids is 1. The van der Waals surface area contributed by atoms with Crippen LogP contribution in [0.1, 0.15) is 151 Å². The Morgan fingerprint density at radius 3 is 1.37 bits per heavy atom. The summed E-state index contributed by atoms with van der Waals surface area (Å²) in [5.74, 6) is -1.15. The Labute approximate surface area is 339 Å². The third-order valence-corrected chi connectivity index (χ3v) is 20.6. The number of nitrogens with one attached hydrogen (secondary N) is 1. The molecule has 0 radical (unpaired) electrons. The van der Waals surface area contributed by atoms with Gasteiger partial charge in [-0.25, -0.2) is 21.6 Å². The van der Waals surface area contributed by atoms with Crippen molar-refractivity contribution in [3.63, 3.8) is 0 Å². The molecule has 4 fully saturated rings. The zero-order valence-corrected chi connectivity index (χ0v) is 36.8. The van der Waals surface area contributed by atoms with E-state index in [9.17, 15) is 41.7 Å². The molecule has 2 aromatic rings. The highest BCUT2D eigenvalue weighted by atomic mass is 32.2. The van der Waals surface area contributed by atoms with Crippen molar-refractivity contribution in [1.82, 2.24) is 5.32 Å². The lowest BCUT2D eigenvalue weighted by atomic mass is 9.42. The molecule has 2 aliphatic heterocycles. The number of aromatic hydroxyl groups is 2. The fourth-order valence-electron chi connectivity index (χ4n) is 14.6. The molecule has 12 heteroatoms. The van der Waals surface area contributed by atoms with E-state index in [0.717, 1.165) is 57.8 Å². The van der Waals surface area contributed by atoms with E-state index in [1.807, 2.05) is 0 Å². The highest BCUT2D eigenvalue weighted by Crippen LogP contribution is 2.68. The van der Waals surface area contributed by atoms with Crippen molar-refractivity contribution in [3.8, 4) is 11.5 Å². The van der Waals surface area contributed by atoms with Crippen LogP contribution in [0.15, 0.2) is 34.1 Å². The second kappa shape index (κ2) is 13.2. The summed E-state index contributed by atoms with van der Waals surface area (Å²) in [6.07, 6.45) is 10.1. The average molecular weight is 826 g/mol. The maximum Gasteiger partial charge on any atom is 0.336 e. The second-order valence-corrected chi connectivity index (χ2v) is 25.0. The smallest absolute Gasteiger partial charge is 0.336 e. The SMILES string of the molecule is CC1(C)CCC[C@]2(C)[C@H]3CS(=O)(=O)c4cc(O)cc(C(=O)O)c4[C@]3(C)CC[C@@H]12.CNC(=O)c1cc(O)cc2c1[C@]1(C)CC[C@H]3C(C)(C)CCC[C@]3(C)[C@H]1CS2(=O)=O. The minimum atomic E-state index is -3.68. The van der Waals surface area contributed by atoms with Crippen LogP contribution in [0.2, 0.25) is 0 Å². The van der Waals surface area contributed by atoms with Crippen molar-refractivity contribution < 1.29 is 41.7 Å². The number of benzene rings is 2. The molecule has 10 nitrogen and oxygen atoms in total. The highest BCUT2D eigenvalue weighted by Gasteiger charge is 2.64. The third-order valence-electron chi connectivity index (χ3n) is 17.0. The maximum atomic E-state index is 13.4. The van der Waals surface area contributed by atoms with Crippen molar-refractivity contribution in [3.05, 3.63) is 46.5 Å². The van der Waals surface area contributed by atoms with Gasteiger partial charge in [0.2, 0.25) is 0 Å². The molecule has 57 heavy (non-hydrogen) atoms. The van der Waals surface area contributed by atoms with Crippen LogP contribution < -0.4 is 5.32 Å². The first-order valence-corrected chi connectivity index (χ1v) is 24.2. The number of hydrogen-bond acceptors (Lipinski definition) is 8. The number of hydrogen-bond donors (Lipinski definition) is 4. The van der Waals surface area contributed by atoms with Crippen LogP contribution in [0.3, 0.4) is 0 Å². The minimum Gasteiger partial charge on any atom is -0.508 e. The predicted octanol–water partition coefficient (Wildman–Crippen LogP) is 8.42. The molecule has 8 atom stereocenters. The van der Waals surface area contributed by atoms with Gasteiger partial charge in [0.05, 0.1) is 26.9 Å². The van der Waals surface area contributed by atoms with Gasteiger partial charge in [-0.05, 0) is 143 Å². The number of aromatic carboxylic acids is 1. The van der Waals surface area contributed by atoms with Gasteiger partial charge in [0, 0.05) is 12.6 Å². The van der Waals surface area contributed by atoms with E-state index < -0.39 is 36.5 Å². The van der Waals surface area contributed by atoms with E-state index in [0.29, 0.717) is 28.5 Å². The number of amides is 1. The number of fused-ring (bicyclic) bond motifs is 10. The van der Waals surface area contributed by atoms with E-state index in [2.05, 4.69) is 60.7 Å². The molecular weight excluding hydrogens is 763 g/mol. The first-order valence-electron chi connectivity index (χ1n) is 20.9. The third kappa shape index (κ3) is 6.18. The zero-order chi connectivity index (χ0) is 42.1. The summed E-state index contributed by atoms with van der Waals surface area (Å²) in [6.45, 7) is 18.0. The molecule has 4 N–H and O–H groups in total. The number of rotatable bonds is 2. The molecule has 2 heterocycles. The van der Waals surface area contributed by atoms with Crippen molar-refractivity contribution in [2.24, 2.45) is 45.3 Å². The summed E-state index contributed by atoms with van der Waals surface area (Å²) in [5, 5.41) is 32.6. The Hall–Kier alpha value is -3.12. The quantitative estimate of drug-likeness (QED) is 0.232. The summed E-state index contributed by atoms with van der Waals surface area (Å²) >= 11 is 0. The fourth-order valence-corrected chi connectivity index (χ4v) is 19.3. The average Bonchev–Trinajstić information content (AvgIpc) is 3.09. The second-order valence-electron chi connectivity index (χ2n) is 21.0. The Kier molecular flexibility index (Phi) is 9.72. The molecule has 4 aliphatic carbocycles. The van der Waals surface area contributed by atoms with Crippen LogP contribution in [-0.4, -0.2) is 62.6 Å². The van der Waals surface area contributed by atoms with Crippen molar-refractivity contribution >= 4 is 31.6 Å². The Bertz CT molecular complexity index is 2260. The van der Waals surface area contributed by atoms with Crippen LogP contribution in [0.4, 0.5) is 0 Å². The Morgan fingerprint density at radius 1 is 0.596 bits per heavy atom. The molecule has 4 saturated carbocycles. The molecule has 2 aromatic carbocycles. The number of sulfone groups is 2. The maximum absolute atomic E-state index is 13.4. The molecule has 0 saturated heterocycles. The lowest BCUT2D eigenvalue weighted by Crippen LogP contribution is -2.60. The molecule has 8 rings (SSSR count). The van der Waals surface area contributed by atoms with Crippen LogP contribution in [0, 0.1) is 45.3 Å². The van der Waals surface area contributed by atoms with Gasteiger partial charge in [-0.3, -0.25) is 4.79 Å². The lowest BCUT2D eigenvalue weighted by molar-refractivity contribution is -0.0983. The van der Waals surface area contributed by atoms with Crippen LogP contribution in [0.25, 0.3) is 0 Å². The van der Waals surface area contributed by atoms with E-state index in [1.165, 1.54) is 37.7 Å². The molecule has 6 aliphatic rings. The molecule has 0 bridgehead atoms. The first kappa shape index (κ1) is 42.0. The number of carbonyl (C=O) groups is 2. The van der Waals surface area contributed by atoms with Gasteiger partial charge in [-0.2, -0.15) is 0 Å². The van der Waals surface area contributed by atoms with Gasteiger partial charge in [0.15, 0.2) is 19.7 Å². The van der Waals surface area contributed by atoms with Crippen molar-refractivity contribution in [2.45, 2.75) is 140 Å². The van der Waals surface area contributed by atoms with Gasteiger partial charge >= 0.3 is 5.97 Å². The van der Waals surface area contributed by atoms with Gasteiger partial charge < -0.3 is 20.6 Å². The van der Waals surface area contributed by atoms with Gasteiger partial charge in [0.25, 0.3) is 5.91 Å². The van der Waals surface area contributed by atoms with Gasteiger partial charge in [0.1, 0.15) is 11.5 Å². The van der Waals surface area contributed by atoms with Gasteiger partial charge in [-0.15, -0.1) is 0 Å². The molecule has 0 unspecified atom stereocenters. The summed E-state index contributed by atoms with van der Waals surface area (Å²) in [6, 6.07) is 5.24. The topological polar surface area (TPSA) is 175 Å². The van der Waals surface area contributed by atoms with Crippen LogP contribution in [-0.2, 0) is 30.5 Å². The zero-order valence-electron chi connectivity index (χ0n) is 35.2. The Morgan fingerprint density at radius 2 is 0.982 bits per heavy atom. The largest absolute Gasteiger partial charge is 0.508 e. The Balaban J connectivity index is 0.000000174. The summed E-state index contributed by atoms with van der Waals surface area (Å²) < 4.78 is 53.4. The fraction of sp³-hybridized carbons (Fsp3) is 0.689. The number of phenols is 2. The summed E-state index contributed by atoms with van der Waals surface area (Å²) in [4.78, 5) is 24.9. The summed E-state index contributed by atoms with van der Waals surface area (Å²) in [5.41, 5.74) is 0.449. The van der Waals surface area contributed by atoms with Gasteiger partial charge in [-0.1, -0.05) is 68.2 Å². The number of carboxylic acid groups (broad SMARTS) is 1. The van der Waals surface area contributed by atoms with E-state index in [4.69, 9.17) is 0 Å². The molecule has 0 spiro atoms. The van der Waals surface area contributed by atoms with E-state index >= 15 is 0 Å². The molecule has 314 valence electrons. The van der Waals surface area contributed by atoms with E-state index in [1.54, 1.807) is 0 Å². The van der Waals surface area contributed by atoms with Crippen molar-refractivity contribution in [2.75, 3.05) is 18.6 Å². The minimum absolute atomic E-state index is 0.0146. The standard InChI is InChI=1S/C23H33NO4S.C22H30O5S/c1-21(2)8-6-9-22(3)17(21)7-10-23(4)18(22)13-29(27,28)16-12-14(25)11-15(19(16)23)20(26)24-5;1-20(2)7-5-8-21(3)16(20)6-9-22(4)17(21)12-28(26,27)15-11-13(23)10-14(18(15)22)19(24)25/h11-12,17-18,25H,6-10,13H2,1-5H3,(H,24,26);10-11,16-17,23H,5-9,12H2,1-4H3,(H,24,25)/t17-,18+,22-,23+;16-,17+,21-,22+/m00/s1. The van der Waals surface area contributed by atoms with Crippen molar-refractivity contribution in [1.29, 1.82) is 0 Å². The monoisotopic (exact) mass is 825 g/mol. The predicted molar refractivity (Wildman–Crippen MR) is 219 cm³/mol. The lowest BCUT2D eigenvalue weighted by Gasteiger charge is -2.64. The number of phenolic OH excluding ortho intramolecular Hbond substituents is 2. The normalized spacial score (nSPS) is 37.5.